The van der Waals surface area contributed by atoms with Crippen molar-refractivity contribution in [3.05, 3.63) is 64.2 Å². The fourth-order valence-electron chi connectivity index (χ4n) is 2.42. The van der Waals surface area contributed by atoms with Gasteiger partial charge in [0.05, 0.1) is 11.8 Å². The molecule has 102 valence electrons. The van der Waals surface area contributed by atoms with Gasteiger partial charge in [-0.1, -0.05) is 41.9 Å². The molecule has 0 aromatic heterocycles. The van der Waals surface area contributed by atoms with Crippen molar-refractivity contribution in [2.24, 2.45) is 0 Å². The molecule has 3 rings (SSSR count). The van der Waals surface area contributed by atoms with Crippen molar-refractivity contribution in [1.29, 1.82) is 0 Å². The minimum atomic E-state index is -0.157. The van der Waals surface area contributed by atoms with Gasteiger partial charge in [-0.2, -0.15) is 0 Å². The molecule has 0 saturated heterocycles. The second-order valence-corrected chi connectivity index (χ2v) is 5.84. The summed E-state index contributed by atoms with van der Waals surface area (Å²) in [6.07, 6.45) is 1.10. The first-order chi connectivity index (χ1) is 9.63. The molecular formula is C16H13Cl2NO. The maximum absolute atomic E-state index is 11.4. The van der Waals surface area contributed by atoms with Crippen molar-refractivity contribution in [2.45, 2.75) is 18.2 Å². The van der Waals surface area contributed by atoms with Gasteiger partial charge in [-0.15, -0.1) is 11.6 Å². The molecule has 1 aliphatic rings. The minimum absolute atomic E-state index is 0.0365. The molecule has 20 heavy (non-hydrogen) atoms. The van der Waals surface area contributed by atoms with Gasteiger partial charge in [-0.3, -0.25) is 4.79 Å². The van der Waals surface area contributed by atoms with Gasteiger partial charge in [0.2, 0.25) is 5.91 Å². The Morgan fingerprint density at radius 1 is 1.20 bits per heavy atom. The molecule has 0 saturated carbocycles. The van der Waals surface area contributed by atoms with Gasteiger partial charge in [-0.05, 0) is 35.2 Å². The first kappa shape index (κ1) is 13.5. The number of nitrogens with one attached hydrogen (secondary N) is 1. The Bertz CT molecular complexity index is 669. The largest absolute Gasteiger partial charge is 0.326 e. The van der Waals surface area contributed by atoms with Crippen LogP contribution in [0, 0.1) is 0 Å². The van der Waals surface area contributed by atoms with E-state index in [-0.39, 0.29) is 11.3 Å². The average Bonchev–Trinajstić information content (AvgIpc) is 2.80. The van der Waals surface area contributed by atoms with Crippen LogP contribution in [0.15, 0.2) is 42.5 Å². The Kier molecular flexibility index (Phi) is 3.68. The van der Waals surface area contributed by atoms with E-state index >= 15 is 0 Å². The summed E-state index contributed by atoms with van der Waals surface area (Å²) >= 11 is 12.6. The van der Waals surface area contributed by atoms with Crippen LogP contribution in [0.4, 0.5) is 5.69 Å². The van der Waals surface area contributed by atoms with Crippen molar-refractivity contribution in [1.82, 2.24) is 0 Å². The van der Waals surface area contributed by atoms with E-state index in [1.807, 2.05) is 42.5 Å². The number of hydrogen-bond acceptors (Lipinski definition) is 1. The third kappa shape index (κ3) is 2.67. The number of amides is 1. The maximum Gasteiger partial charge on any atom is 0.228 e. The lowest BCUT2D eigenvalue weighted by molar-refractivity contribution is -0.115. The molecule has 2 aromatic carbocycles. The summed E-state index contributed by atoms with van der Waals surface area (Å²) in [5.74, 6) is 0.0365. The van der Waals surface area contributed by atoms with Crippen LogP contribution in [0.2, 0.25) is 5.02 Å². The summed E-state index contributed by atoms with van der Waals surface area (Å²) in [6.45, 7) is 0. The van der Waals surface area contributed by atoms with E-state index in [1.165, 1.54) is 0 Å². The monoisotopic (exact) mass is 305 g/mol. The van der Waals surface area contributed by atoms with Crippen molar-refractivity contribution < 1.29 is 4.79 Å². The highest BCUT2D eigenvalue weighted by Crippen LogP contribution is 2.32. The van der Waals surface area contributed by atoms with Crippen LogP contribution >= 0.6 is 23.2 Å². The number of carbonyl (C=O) groups excluding carboxylic acids is 1. The van der Waals surface area contributed by atoms with Gasteiger partial charge in [0.1, 0.15) is 0 Å². The molecule has 1 atom stereocenters. The topological polar surface area (TPSA) is 29.1 Å². The molecule has 0 fully saturated rings. The van der Waals surface area contributed by atoms with Gasteiger partial charge >= 0.3 is 0 Å². The molecule has 2 aromatic rings. The second kappa shape index (κ2) is 5.47. The Balaban J connectivity index is 1.82. The number of anilines is 1. The Morgan fingerprint density at radius 3 is 2.80 bits per heavy atom. The normalized spacial score (nSPS) is 14.8. The van der Waals surface area contributed by atoms with Gasteiger partial charge in [-0.25, -0.2) is 0 Å². The molecule has 1 unspecified atom stereocenters. The zero-order valence-electron chi connectivity index (χ0n) is 10.7. The highest BCUT2D eigenvalue weighted by molar-refractivity contribution is 6.31. The maximum atomic E-state index is 11.4. The van der Waals surface area contributed by atoms with Crippen LogP contribution in [0.1, 0.15) is 22.1 Å². The molecular weight excluding hydrogens is 293 g/mol. The zero-order chi connectivity index (χ0) is 14.1. The van der Waals surface area contributed by atoms with Crippen LogP contribution in [0.3, 0.4) is 0 Å². The Hall–Kier alpha value is -1.51. The van der Waals surface area contributed by atoms with Gasteiger partial charge in [0, 0.05) is 10.7 Å². The number of benzene rings is 2. The number of fused-ring (bicyclic) bond motifs is 1. The van der Waals surface area contributed by atoms with Crippen LogP contribution in [-0.2, 0) is 17.6 Å². The highest BCUT2D eigenvalue weighted by Gasteiger charge is 2.19. The summed E-state index contributed by atoms with van der Waals surface area (Å²) in [7, 11) is 0. The summed E-state index contributed by atoms with van der Waals surface area (Å²) < 4.78 is 0. The average molecular weight is 306 g/mol. The van der Waals surface area contributed by atoms with Crippen LogP contribution in [0.5, 0.6) is 0 Å². The first-order valence-corrected chi connectivity index (χ1v) is 7.25. The van der Waals surface area contributed by atoms with Gasteiger partial charge < -0.3 is 5.32 Å². The second-order valence-electron chi connectivity index (χ2n) is 4.90. The highest BCUT2D eigenvalue weighted by atomic mass is 35.5. The SMILES string of the molecule is O=C1Cc2cc(C(Cl)Cc3ccccc3Cl)ccc2N1. The number of alkyl halides is 1. The quantitative estimate of drug-likeness (QED) is 0.839. The van der Waals surface area contributed by atoms with Gasteiger partial charge in [0.25, 0.3) is 0 Å². The summed E-state index contributed by atoms with van der Waals surface area (Å²) in [4.78, 5) is 11.4. The number of halogens is 2. The third-order valence-corrected chi connectivity index (χ3v) is 4.25. The number of hydrogen-bond donors (Lipinski definition) is 1. The summed E-state index contributed by atoms with van der Waals surface area (Å²) in [6, 6.07) is 13.6. The van der Waals surface area contributed by atoms with Crippen molar-refractivity contribution in [2.75, 3.05) is 5.32 Å². The standard InChI is InChI=1S/C16H13Cl2NO/c17-13-4-2-1-3-10(13)8-14(18)11-5-6-15-12(7-11)9-16(20)19-15/h1-7,14H,8-9H2,(H,19,20). The van der Waals surface area contributed by atoms with Crippen molar-refractivity contribution in [3.63, 3.8) is 0 Å². The van der Waals surface area contributed by atoms with E-state index in [0.717, 1.165) is 27.4 Å². The third-order valence-electron chi connectivity index (χ3n) is 3.47. The molecule has 4 heteroatoms. The van der Waals surface area contributed by atoms with E-state index < -0.39 is 0 Å². The lowest BCUT2D eigenvalue weighted by Crippen LogP contribution is -2.03. The van der Waals surface area contributed by atoms with Crippen LogP contribution in [-0.4, -0.2) is 5.91 Å². The lowest BCUT2D eigenvalue weighted by atomic mass is 10.0. The van der Waals surface area contributed by atoms with Crippen molar-refractivity contribution >= 4 is 34.8 Å². The van der Waals surface area contributed by atoms with Crippen LogP contribution < -0.4 is 5.32 Å². The Morgan fingerprint density at radius 2 is 2.00 bits per heavy atom. The summed E-state index contributed by atoms with van der Waals surface area (Å²) in [5, 5.41) is 3.40. The predicted octanol–water partition coefficient (Wildman–Crippen LogP) is 4.36. The fraction of sp³-hybridized carbons (Fsp3) is 0.188. The van der Waals surface area contributed by atoms with E-state index in [4.69, 9.17) is 23.2 Å². The molecule has 2 nitrogen and oxygen atoms in total. The molecule has 0 radical (unpaired) electrons. The van der Waals surface area contributed by atoms with E-state index in [9.17, 15) is 4.79 Å². The smallest absolute Gasteiger partial charge is 0.228 e. The molecule has 1 N–H and O–H groups in total. The molecule has 0 aliphatic carbocycles. The lowest BCUT2D eigenvalue weighted by Gasteiger charge is -2.12. The number of rotatable bonds is 3. The van der Waals surface area contributed by atoms with Crippen molar-refractivity contribution in [3.8, 4) is 0 Å². The fourth-order valence-corrected chi connectivity index (χ4v) is 2.93. The molecule has 0 spiro atoms. The van der Waals surface area contributed by atoms with Crippen LogP contribution in [0.25, 0.3) is 0 Å². The first-order valence-electron chi connectivity index (χ1n) is 6.43. The molecule has 1 heterocycles. The number of carbonyl (C=O) groups is 1. The molecule has 1 aliphatic heterocycles. The van der Waals surface area contributed by atoms with E-state index in [0.29, 0.717) is 12.8 Å². The summed E-state index contributed by atoms with van der Waals surface area (Å²) in [5.41, 5.74) is 3.95. The molecule has 1 amide bonds. The zero-order valence-corrected chi connectivity index (χ0v) is 12.2. The van der Waals surface area contributed by atoms with E-state index in [2.05, 4.69) is 5.32 Å². The predicted molar refractivity (Wildman–Crippen MR) is 82.5 cm³/mol. The van der Waals surface area contributed by atoms with E-state index in [1.54, 1.807) is 0 Å². The minimum Gasteiger partial charge on any atom is -0.326 e. The Labute approximate surface area is 127 Å². The molecule has 0 bridgehead atoms. The van der Waals surface area contributed by atoms with Gasteiger partial charge in [0.15, 0.2) is 0 Å².